The normalized spacial score (nSPS) is 29.1. The van der Waals surface area contributed by atoms with Gasteiger partial charge in [0.2, 0.25) is 0 Å². The van der Waals surface area contributed by atoms with Crippen molar-refractivity contribution in [3.8, 4) is 0 Å². The molecule has 13 heavy (non-hydrogen) atoms. The van der Waals surface area contributed by atoms with Gasteiger partial charge in [-0.2, -0.15) is 5.06 Å². The summed E-state index contributed by atoms with van der Waals surface area (Å²) in [5, 5.41) is 19.9. The van der Waals surface area contributed by atoms with E-state index < -0.39 is 0 Å². The lowest BCUT2D eigenvalue weighted by Gasteiger charge is -2.50. The molecule has 1 heterocycles. The van der Waals surface area contributed by atoms with E-state index in [2.05, 4.69) is 4.89 Å². The maximum absolute atomic E-state index is 9.87. The van der Waals surface area contributed by atoms with Crippen molar-refractivity contribution in [1.82, 2.24) is 5.06 Å². The summed E-state index contributed by atoms with van der Waals surface area (Å²) in [6.07, 6.45) is 1.07. The molecule has 0 aromatic carbocycles. The molecule has 0 bridgehead atoms. The second-order valence-corrected chi connectivity index (χ2v) is 5.07. The van der Waals surface area contributed by atoms with Crippen LogP contribution < -0.4 is 0 Å². The fraction of sp³-hybridized carbons (Fsp3) is 1.00. The van der Waals surface area contributed by atoms with E-state index in [0.29, 0.717) is 12.8 Å². The molecule has 0 saturated carbocycles. The van der Waals surface area contributed by atoms with Crippen molar-refractivity contribution in [2.45, 2.75) is 57.7 Å². The first-order valence-corrected chi connectivity index (χ1v) is 4.59. The monoisotopic (exact) mass is 189 g/mol. The molecule has 0 aliphatic carbocycles. The van der Waals surface area contributed by atoms with E-state index in [1.54, 1.807) is 0 Å². The summed E-state index contributed by atoms with van der Waals surface area (Å²) in [6.45, 7) is 7.72. The Kier molecular flexibility index (Phi) is 2.69. The fourth-order valence-corrected chi connectivity index (χ4v) is 2.25. The average molecular weight is 189 g/mol. The highest BCUT2D eigenvalue weighted by Crippen LogP contribution is 2.37. The minimum atomic E-state index is -0.352. The van der Waals surface area contributed by atoms with Crippen molar-refractivity contribution < 1.29 is 15.4 Å². The second-order valence-electron chi connectivity index (χ2n) is 5.07. The molecule has 0 aromatic heterocycles. The first-order valence-electron chi connectivity index (χ1n) is 4.59. The molecule has 1 saturated heterocycles. The van der Waals surface area contributed by atoms with Gasteiger partial charge >= 0.3 is 0 Å². The summed E-state index contributed by atoms with van der Waals surface area (Å²) in [5.41, 5.74) is -0.704. The summed E-state index contributed by atoms with van der Waals surface area (Å²) in [4.78, 5) is 4.37. The van der Waals surface area contributed by atoms with Crippen molar-refractivity contribution in [2.75, 3.05) is 0 Å². The van der Waals surface area contributed by atoms with Gasteiger partial charge in [-0.3, -0.25) is 5.26 Å². The Balaban J connectivity index is 2.82. The molecule has 1 aliphatic heterocycles. The maximum Gasteiger partial charge on any atom is 0.0963 e. The third-order valence-corrected chi connectivity index (χ3v) is 2.75. The van der Waals surface area contributed by atoms with Gasteiger partial charge in [-0.15, -0.1) is 0 Å². The van der Waals surface area contributed by atoms with Gasteiger partial charge in [-0.25, -0.2) is 4.89 Å². The van der Waals surface area contributed by atoms with Crippen LogP contribution in [0.4, 0.5) is 0 Å². The third-order valence-electron chi connectivity index (χ3n) is 2.75. The number of rotatable bonds is 1. The topological polar surface area (TPSA) is 52.9 Å². The van der Waals surface area contributed by atoms with Crippen LogP contribution >= 0.6 is 0 Å². The second kappa shape index (κ2) is 3.20. The molecular formula is C9H19NO3. The van der Waals surface area contributed by atoms with Gasteiger partial charge in [-0.1, -0.05) is 0 Å². The molecule has 0 spiro atoms. The van der Waals surface area contributed by atoms with E-state index in [1.165, 1.54) is 5.06 Å². The van der Waals surface area contributed by atoms with Crippen molar-refractivity contribution in [3.05, 3.63) is 0 Å². The van der Waals surface area contributed by atoms with Crippen LogP contribution in [-0.2, 0) is 4.89 Å². The summed E-state index contributed by atoms with van der Waals surface area (Å²) < 4.78 is 0. The van der Waals surface area contributed by atoms with Crippen LogP contribution in [0.25, 0.3) is 0 Å². The van der Waals surface area contributed by atoms with Crippen LogP contribution in [-0.4, -0.2) is 32.7 Å². The van der Waals surface area contributed by atoms with Crippen LogP contribution in [0.5, 0.6) is 0 Å². The number of hydrogen-bond acceptors (Lipinski definition) is 4. The molecule has 0 atom stereocenters. The SMILES string of the molecule is CC1(C)CC(OO)CC(C)(C)N1O. The average Bonchev–Trinajstić information content (AvgIpc) is 1.99. The highest BCUT2D eigenvalue weighted by molar-refractivity contribution is 4.96. The van der Waals surface area contributed by atoms with Crippen molar-refractivity contribution >= 4 is 0 Å². The number of nitrogens with zero attached hydrogens (tertiary/aromatic N) is 1. The quantitative estimate of drug-likeness (QED) is 0.488. The van der Waals surface area contributed by atoms with Gasteiger partial charge < -0.3 is 5.21 Å². The summed E-state index contributed by atoms with van der Waals surface area (Å²) in [5.74, 6) is 0. The van der Waals surface area contributed by atoms with Crippen molar-refractivity contribution in [2.24, 2.45) is 0 Å². The molecule has 0 unspecified atom stereocenters. The smallest absolute Gasteiger partial charge is 0.0963 e. The zero-order valence-electron chi connectivity index (χ0n) is 8.74. The molecule has 2 N–H and O–H groups in total. The molecule has 0 amide bonds. The maximum atomic E-state index is 9.87. The van der Waals surface area contributed by atoms with Crippen LogP contribution in [0.2, 0.25) is 0 Å². The Bertz CT molecular complexity index is 173. The molecule has 1 rings (SSSR count). The molecule has 4 nitrogen and oxygen atoms in total. The van der Waals surface area contributed by atoms with Crippen LogP contribution in [0.1, 0.15) is 40.5 Å². The first-order chi connectivity index (χ1) is 5.79. The van der Waals surface area contributed by atoms with E-state index in [0.717, 1.165) is 0 Å². The Morgan fingerprint density at radius 2 is 1.54 bits per heavy atom. The van der Waals surface area contributed by atoms with Crippen LogP contribution in [0, 0.1) is 0 Å². The lowest BCUT2D eigenvalue weighted by molar-refractivity contribution is -0.329. The lowest BCUT2D eigenvalue weighted by atomic mass is 9.80. The van der Waals surface area contributed by atoms with Gasteiger partial charge in [0.15, 0.2) is 0 Å². The Morgan fingerprint density at radius 3 is 1.85 bits per heavy atom. The fourth-order valence-electron chi connectivity index (χ4n) is 2.25. The van der Waals surface area contributed by atoms with Gasteiger partial charge in [0.1, 0.15) is 0 Å². The third kappa shape index (κ3) is 2.02. The highest BCUT2D eigenvalue weighted by atomic mass is 17.1. The molecule has 4 heteroatoms. The molecular weight excluding hydrogens is 170 g/mol. The van der Waals surface area contributed by atoms with E-state index in [-0.39, 0.29) is 17.2 Å². The Hall–Kier alpha value is -0.160. The van der Waals surface area contributed by atoms with Crippen LogP contribution in [0.15, 0.2) is 0 Å². The van der Waals surface area contributed by atoms with Gasteiger partial charge in [0, 0.05) is 11.1 Å². The molecule has 78 valence electrons. The summed E-state index contributed by atoms with van der Waals surface area (Å²) in [6, 6.07) is 0. The van der Waals surface area contributed by atoms with Gasteiger partial charge in [0.25, 0.3) is 0 Å². The van der Waals surface area contributed by atoms with Gasteiger partial charge in [0.05, 0.1) is 6.10 Å². The minimum absolute atomic E-state index is 0.187. The lowest BCUT2D eigenvalue weighted by Crippen LogP contribution is -2.60. The number of hydroxylamine groups is 2. The Morgan fingerprint density at radius 1 is 1.15 bits per heavy atom. The molecule has 1 fully saturated rings. The van der Waals surface area contributed by atoms with E-state index >= 15 is 0 Å². The van der Waals surface area contributed by atoms with Crippen molar-refractivity contribution in [3.63, 3.8) is 0 Å². The predicted octanol–water partition coefficient (Wildman–Crippen LogP) is 1.89. The highest BCUT2D eigenvalue weighted by Gasteiger charge is 2.45. The zero-order chi connectivity index (χ0) is 10.3. The van der Waals surface area contributed by atoms with Crippen LogP contribution in [0.3, 0.4) is 0 Å². The molecule has 0 radical (unpaired) electrons. The minimum Gasteiger partial charge on any atom is -0.313 e. The number of piperidine rings is 1. The largest absolute Gasteiger partial charge is 0.313 e. The van der Waals surface area contributed by atoms with E-state index in [1.807, 2.05) is 27.7 Å². The predicted molar refractivity (Wildman–Crippen MR) is 48.5 cm³/mol. The molecule has 0 aromatic rings. The Labute approximate surface area is 79.0 Å². The van der Waals surface area contributed by atoms with E-state index in [4.69, 9.17) is 5.26 Å². The summed E-state index contributed by atoms with van der Waals surface area (Å²) >= 11 is 0. The zero-order valence-corrected chi connectivity index (χ0v) is 8.74. The number of hydrogen-bond donors (Lipinski definition) is 2. The van der Waals surface area contributed by atoms with E-state index in [9.17, 15) is 5.21 Å². The molecule has 1 aliphatic rings. The van der Waals surface area contributed by atoms with Gasteiger partial charge in [-0.05, 0) is 40.5 Å². The van der Waals surface area contributed by atoms with Crippen molar-refractivity contribution in [1.29, 1.82) is 0 Å². The first kappa shape index (κ1) is 10.9. The standard InChI is InChI=1S/C9H19NO3/c1-8(2)5-7(13-12)6-9(3,4)10(8)11/h7,11-12H,5-6H2,1-4H3. The summed E-state index contributed by atoms with van der Waals surface area (Å²) in [7, 11) is 0.